The van der Waals surface area contributed by atoms with Gasteiger partial charge in [0.15, 0.2) is 0 Å². The van der Waals surface area contributed by atoms with Crippen LogP contribution in [0.3, 0.4) is 0 Å². The summed E-state index contributed by atoms with van der Waals surface area (Å²) in [6.07, 6.45) is -0.350. The standard InChI is InChI=1S/C11H12N2O5/c1-3-18-11(15)9(14)6-8-7(13-16)4-5-10(12-8)17-2/h4-5H,3,6H2,1-2H3. The van der Waals surface area contributed by atoms with E-state index < -0.39 is 11.8 Å². The molecule has 96 valence electrons. The number of ether oxygens (including phenoxy) is 2. The van der Waals surface area contributed by atoms with E-state index in [2.05, 4.69) is 14.9 Å². The first-order valence-corrected chi connectivity index (χ1v) is 5.19. The fourth-order valence-electron chi connectivity index (χ4n) is 1.24. The molecule has 0 spiro atoms. The van der Waals surface area contributed by atoms with Crippen molar-refractivity contribution in [2.24, 2.45) is 5.18 Å². The van der Waals surface area contributed by atoms with Crippen LogP contribution in [-0.4, -0.2) is 30.5 Å². The minimum atomic E-state index is -0.959. The van der Waals surface area contributed by atoms with Gasteiger partial charge in [-0.3, -0.25) is 4.79 Å². The molecule has 0 aliphatic heterocycles. The lowest BCUT2D eigenvalue weighted by Crippen LogP contribution is -2.20. The van der Waals surface area contributed by atoms with E-state index in [9.17, 15) is 14.5 Å². The number of esters is 1. The van der Waals surface area contributed by atoms with Crippen molar-refractivity contribution in [3.63, 3.8) is 0 Å². The highest BCUT2D eigenvalue weighted by Gasteiger charge is 2.19. The Bertz CT molecular complexity index is 473. The molecule has 0 radical (unpaired) electrons. The van der Waals surface area contributed by atoms with E-state index in [1.165, 1.54) is 19.2 Å². The van der Waals surface area contributed by atoms with Crippen molar-refractivity contribution in [3.05, 3.63) is 22.7 Å². The normalized spacial score (nSPS) is 9.67. The van der Waals surface area contributed by atoms with Crippen LogP contribution in [-0.2, 0) is 20.7 Å². The summed E-state index contributed by atoms with van der Waals surface area (Å²) in [5, 5.41) is 2.73. The molecule has 7 heteroatoms. The maximum absolute atomic E-state index is 11.5. The molecule has 7 nitrogen and oxygen atoms in total. The van der Waals surface area contributed by atoms with E-state index in [-0.39, 0.29) is 30.3 Å². The first-order chi connectivity index (χ1) is 8.62. The molecule has 1 heterocycles. The minimum absolute atomic E-state index is 0.00607. The molecular weight excluding hydrogens is 240 g/mol. The second kappa shape index (κ2) is 6.43. The molecule has 0 amide bonds. The average molecular weight is 252 g/mol. The second-order valence-corrected chi connectivity index (χ2v) is 3.23. The van der Waals surface area contributed by atoms with Gasteiger partial charge in [0.1, 0.15) is 5.69 Å². The number of ketones is 1. The first kappa shape index (κ1) is 13.8. The molecule has 0 saturated carbocycles. The number of aromatic nitrogens is 1. The molecule has 1 rings (SSSR count). The van der Waals surface area contributed by atoms with E-state index in [0.717, 1.165) is 0 Å². The Labute approximate surface area is 103 Å². The number of nitroso groups, excluding NO2 is 1. The first-order valence-electron chi connectivity index (χ1n) is 5.19. The van der Waals surface area contributed by atoms with E-state index in [1.807, 2.05) is 0 Å². The number of pyridine rings is 1. The number of carbonyl (C=O) groups excluding carboxylic acids is 2. The highest BCUT2D eigenvalue weighted by Crippen LogP contribution is 2.21. The van der Waals surface area contributed by atoms with Crippen molar-refractivity contribution < 1.29 is 19.1 Å². The van der Waals surface area contributed by atoms with Gasteiger partial charge < -0.3 is 9.47 Å². The molecule has 0 bridgehead atoms. The monoisotopic (exact) mass is 252 g/mol. The number of hydrogen-bond donors (Lipinski definition) is 0. The van der Waals surface area contributed by atoms with Crippen LogP contribution >= 0.6 is 0 Å². The third-order valence-electron chi connectivity index (χ3n) is 2.06. The smallest absolute Gasteiger partial charge is 0.375 e. The third kappa shape index (κ3) is 3.34. The second-order valence-electron chi connectivity index (χ2n) is 3.23. The van der Waals surface area contributed by atoms with Gasteiger partial charge >= 0.3 is 5.97 Å². The van der Waals surface area contributed by atoms with Gasteiger partial charge in [0.05, 0.1) is 25.8 Å². The molecular formula is C11H12N2O5. The molecule has 0 aliphatic carbocycles. The van der Waals surface area contributed by atoms with E-state index >= 15 is 0 Å². The van der Waals surface area contributed by atoms with Crippen LogP contribution in [0.2, 0.25) is 0 Å². The van der Waals surface area contributed by atoms with Gasteiger partial charge in [-0.15, -0.1) is 4.91 Å². The fraction of sp³-hybridized carbons (Fsp3) is 0.364. The van der Waals surface area contributed by atoms with Crippen LogP contribution < -0.4 is 4.74 Å². The lowest BCUT2D eigenvalue weighted by atomic mass is 10.2. The van der Waals surface area contributed by atoms with Crippen LogP contribution in [0.1, 0.15) is 12.6 Å². The molecule has 0 atom stereocenters. The summed E-state index contributed by atoms with van der Waals surface area (Å²) in [5.74, 6) is -1.52. The van der Waals surface area contributed by atoms with E-state index in [4.69, 9.17) is 4.74 Å². The van der Waals surface area contributed by atoms with Gasteiger partial charge in [-0.05, 0) is 18.2 Å². The zero-order chi connectivity index (χ0) is 13.5. The quantitative estimate of drug-likeness (QED) is 0.428. The van der Waals surface area contributed by atoms with Crippen molar-refractivity contribution in [1.82, 2.24) is 4.98 Å². The van der Waals surface area contributed by atoms with Crippen molar-refractivity contribution >= 4 is 17.4 Å². The Morgan fingerprint density at radius 1 is 1.39 bits per heavy atom. The van der Waals surface area contributed by atoms with Crippen LogP contribution in [0.5, 0.6) is 5.88 Å². The molecule has 0 N–H and O–H groups in total. The molecule has 0 unspecified atom stereocenters. The number of Topliss-reactive ketones (excluding diaryl/α,β-unsaturated/α-hetero) is 1. The fourth-order valence-corrected chi connectivity index (χ4v) is 1.24. The molecule has 18 heavy (non-hydrogen) atoms. The Morgan fingerprint density at radius 2 is 2.11 bits per heavy atom. The summed E-state index contributed by atoms with van der Waals surface area (Å²) in [6.45, 7) is 1.70. The van der Waals surface area contributed by atoms with Crippen molar-refractivity contribution in [2.75, 3.05) is 13.7 Å². The van der Waals surface area contributed by atoms with Crippen molar-refractivity contribution in [1.29, 1.82) is 0 Å². The Morgan fingerprint density at radius 3 is 2.67 bits per heavy atom. The number of nitrogens with zero attached hydrogens (tertiary/aromatic N) is 2. The molecule has 0 aromatic carbocycles. The average Bonchev–Trinajstić information content (AvgIpc) is 2.38. The third-order valence-corrected chi connectivity index (χ3v) is 2.06. The van der Waals surface area contributed by atoms with Gasteiger partial charge in [0, 0.05) is 6.07 Å². The number of carbonyl (C=O) groups is 2. The lowest BCUT2D eigenvalue weighted by molar-refractivity contribution is -0.153. The highest BCUT2D eigenvalue weighted by molar-refractivity contribution is 6.34. The predicted octanol–water partition coefficient (Wildman–Crippen LogP) is 1.16. The zero-order valence-electron chi connectivity index (χ0n) is 10.0. The summed E-state index contributed by atoms with van der Waals surface area (Å²) in [5.41, 5.74) is 0.0795. The topological polar surface area (TPSA) is 94.9 Å². The molecule has 0 saturated heterocycles. The van der Waals surface area contributed by atoms with E-state index in [1.54, 1.807) is 6.92 Å². The molecule has 0 aliphatic rings. The molecule has 1 aromatic heterocycles. The number of hydrogen-bond acceptors (Lipinski definition) is 7. The van der Waals surface area contributed by atoms with Crippen molar-refractivity contribution in [3.8, 4) is 5.88 Å². The Balaban J connectivity index is 2.91. The van der Waals surface area contributed by atoms with Crippen LogP contribution in [0, 0.1) is 4.91 Å². The summed E-state index contributed by atoms with van der Waals surface area (Å²) >= 11 is 0. The van der Waals surface area contributed by atoms with Gasteiger partial charge in [0.2, 0.25) is 11.7 Å². The van der Waals surface area contributed by atoms with E-state index in [0.29, 0.717) is 0 Å². The van der Waals surface area contributed by atoms with Gasteiger partial charge in [-0.25, -0.2) is 9.78 Å². The maximum Gasteiger partial charge on any atom is 0.375 e. The van der Waals surface area contributed by atoms with Crippen LogP contribution in [0.15, 0.2) is 17.3 Å². The maximum atomic E-state index is 11.5. The SMILES string of the molecule is CCOC(=O)C(=O)Cc1nc(OC)ccc1N=O. The van der Waals surface area contributed by atoms with Crippen molar-refractivity contribution in [2.45, 2.75) is 13.3 Å². The molecule has 1 aromatic rings. The van der Waals surface area contributed by atoms with Crippen LogP contribution in [0.25, 0.3) is 0 Å². The summed E-state index contributed by atoms with van der Waals surface area (Å²) in [4.78, 5) is 37.1. The summed E-state index contributed by atoms with van der Waals surface area (Å²) in [6, 6.07) is 2.81. The highest BCUT2D eigenvalue weighted by atomic mass is 16.5. The van der Waals surface area contributed by atoms with Gasteiger partial charge in [-0.1, -0.05) is 0 Å². The van der Waals surface area contributed by atoms with Gasteiger partial charge in [0.25, 0.3) is 0 Å². The summed E-state index contributed by atoms with van der Waals surface area (Å²) in [7, 11) is 1.40. The largest absolute Gasteiger partial charge is 0.481 e. The number of methoxy groups -OCH3 is 1. The number of rotatable bonds is 6. The predicted molar refractivity (Wildman–Crippen MR) is 61.6 cm³/mol. The zero-order valence-corrected chi connectivity index (χ0v) is 10.0. The Hall–Kier alpha value is -2.31. The minimum Gasteiger partial charge on any atom is -0.481 e. The van der Waals surface area contributed by atoms with Crippen LogP contribution in [0.4, 0.5) is 5.69 Å². The van der Waals surface area contributed by atoms with Gasteiger partial charge in [-0.2, -0.15) is 0 Å². The summed E-state index contributed by atoms with van der Waals surface area (Å²) < 4.78 is 9.41. The molecule has 0 fully saturated rings. The Kier molecular flexibility index (Phi) is 4.91. The lowest BCUT2D eigenvalue weighted by Gasteiger charge is -2.04.